The molecule has 7 heteroatoms. The van der Waals surface area contributed by atoms with Crippen LogP contribution in [0.2, 0.25) is 0 Å². The molecule has 2 aromatic heterocycles. The minimum atomic E-state index is -0.241. The van der Waals surface area contributed by atoms with Crippen LogP contribution in [0.4, 0.5) is 0 Å². The van der Waals surface area contributed by atoms with E-state index in [1.54, 1.807) is 11.0 Å². The average molecular weight is 356 g/mol. The fraction of sp³-hybridized carbons (Fsp3) is 0.474. The van der Waals surface area contributed by atoms with Crippen LogP contribution in [-0.4, -0.2) is 38.2 Å². The number of rotatable bonds is 3. The SMILES string of the molecule is CC(C)(C)c1ccc(=O)n(CC2CCCN2C(=O)c2ccc(=O)[nH]c2)n1. The number of carbonyl (C=O) groups is 1. The monoisotopic (exact) mass is 356 g/mol. The van der Waals surface area contributed by atoms with Crippen molar-refractivity contribution in [2.45, 2.75) is 51.6 Å². The van der Waals surface area contributed by atoms with Crippen LogP contribution in [0, 0.1) is 0 Å². The van der Waals surface area contributed by atoms with E-state index in [1.165, 1.54) is 29.1 Å². The summed E-state index contributed by atoms with van der Waals surface area (Å²) in [6, 6.07) is 6.08. The van der Waals surface area contributed by atoms with Gasteiger partial charge < -0.3 is 9.88 Å². The molecular formula is C19H24N4O3. The van der Waals surface area contributed by atoms with E-state index in [-0.39, 0.29) is 28.5 Å². The summed E-state index contributed by atoms with van der Waals surface area (Å²) in [7, 11) is 0. The third-order valence-corrected chi connectivity index (χ3v) is 4.69. The van der Waals surface area contributed by atoms with Gasteiger partial charge in [0, 0.05) is 30.3 Å². The van der Waals surface area contributed by atoms with Crippen molar-refractivity contribution in [3.8, 4) is 0 Å². The molecule has 0 aliphatic carbocycles. The molecule has 1 N–H and O–H groups in total. The Morgan fingerprint density at radius 1 is 1.23 bits per heavy atom. The summed E-state index contributed by atoms with van der Waals surface area (Å²) in [5.41, 5.74) is 0.723. The highest BCUT2D eigenvalue weighted by atomic mass is 16.2. The molecule has 1 aliphatic rings. The molecule has 138 valence electrons. The molecule has 7 nitrogen and oxygen atoms in total. The number of H-pyrrole nitrogens is 1. The van der Waals surface area contributed by atoms with E-state index in [4.69, 9.17) is 0 Å². The number of aromatic amines is 1. The molecule has 1 amide bonds. The van der Waals surface area contributed by atoms with E-state index in [0.29, 0.717) is 18.7 Å². The average Bonchev–Trinajstić information content (AvgIpc) is 3.04. The third-order valence-electron chi connectivity index (χ3n) is 4.69. The van der Waals surface area contributed by atoms with Crippen LogP contribution in [0.1, 0.15) is 49.7 Å². The van der Waals surface area contributed by atoms with Gasteiger partial charge >= 0.3 is 0 Å². The van der Waals surface area contributed by atoms with Gasteiger partial charge in [-0.15, -0.1) is 0 Å². The van der Waals surface area contributed by atoms with E-state index in [1.807, 2.05) is 20.8 Å². The molecule has 3 heterocycles. The minimum absolute atomic E-state index is 0.0881. The third kappa shape index (κ3) is 3.76. The second-order valence-electron chi connectivity index (χ2n) is 7.73. The highest BCUT2D eigenvalue weighted by molar-refractivity contribution is 5.94. The van der Waals surface area contributed by atoms with Crippen molar-refractivity contribution in [2.75, 3.05) is 6.54 Å². The second-order valence-corrected chi connectivity index (χ2v) is 7.73. The molecule has 0 saturated carbocycles. The lowest BCUT2D eigenvalue weighted by molar-refractivity contribution is 0.0719. The van der Waals surface area contributed by atoms with Crippen molar-refractivity contribution in [3.63, 3.8) is 0 Å². The predicted molar refractivity (Wildman–Crippen MR) is 98.3 cm³/mol. The van der Waals surface area contributed by atoms with E-state index in [2.05, 4.69) is 10.1 Å². The minimum Gasteiger partial charge on any atom is -0.334 e. The summed E-state index contributed by atoms with van der Waals surface area (Å²) in [4.78, 5) is 40.5. The Balaban J connectivity index is 1.83. The van der Waals surface area contributed by atoms with Crippen molar-refractivity contribution in [1.29, 1.82) is 0 Å². The lowest BCUT2D eigenvalue weighted by Gasteiger charge is -2.26. The number of nitrogens with one attached hydrogen (secondary N) is 1. The fourth-order valence-corrected chi connectivity index (χ4v) is 3.18. The van der Waals surface area contributed by atoms with Crippen molar-refractivity contribution in [3.05, 3.63) is 62.4 Å². The Hall–Kier alpha value is -2.70. The molecule has 1 saturated heterocycles. The number of hydrogen-bond donors (Lipinski definition) is 1. The molecule has 1 aliphatic heterocycles. The summed E-state index contributed by atoms with van der Waals surface area (Å²) < 4.78 is 1.46. The Morgan fingerprint density at radius 2 is 2.00 bits per heavy atom. The standard InChI is InChI=1S/C19H24N4O3/c1-19(2,3)15-7-9-17(25)23(21-15)12-14-5-4-10-22(14)18(26)13-6-8-16(24)20-11-13/h6-9,11,14H,4-5,10,12H2,1-3H3,(H,20,24). The number of likely N-dealkylation sites (tertiary alicyclic amines) is 1. The molecular weight excluding hydrogens is 332 g/mol. The largest absolute Gasteiger partial charge is 0.334 e. The predicted octanol–water partition coefficient (Wildman–Crippen LogP) is 1.53. The highest BCUT2D eigenvalue weighted by Crippen LogP contribution is 2.22. The van der Waals surface area contributed by atoms with Crippen molar-refractivity contribution < 1.29 is 4.79 Å². The summed E-state index contributed by atoms with van der Waals surface area (Å²) >= 11 is 0. The van der Waals surface area contributed by atoms with Gasteiger partial charge in [0.15, 0.2) is 0 Å². The van der Waals surface area contributed by atoms with Gasteiger partial charge in [-0.05, 0) is 25.0 Å². The van der Waals surface area contributed by atoms with E-state index < -0.39 is 0 Å². The van der Waals surface area contributed by atoms with Gasteiger partial charge in [0.2, 0.25) is 5.56 Å². The van der Waals surface area contributed by atoms with Gasteiger partial charge in [-0.3, -0.25) is 14.4 Å². The Labute approximate surface area is 151 Å². The van der Waals surface area contributed by atoms with Crippen LogP contribution in [-0.2, 0) is 12.0 Å². The van der Waals surface area contributed by atoms with E-state index in [0.717, 1.165) is 18.5 Å². The maximum absolute atomic E-state index is 12.8. The Bertz CT molecular complexity index is 903. The first-order chi connectivity index (χ1) is 12.3. The quantitative estimate of drug-likeness (QED) is 0.903. The molecule has 2 aromatic rings. The van der Waals surface area contributed by atoms with E-state index in [9.17, 15) is 14.4 Å². The van der Waals surface area contributed by atoms with Crippen LogP contribution in [0.25, 0.3) is 0 Å². The zero-order valence-electron chi connectivity index (χ0n) is 15.4. The lowest BCUT2D eigenvalue weighted by Crippen LogP contribution is -2.41. The highest BCUT2D eigenvalue weighted by Gasteiger charge is 2.30. The van der Waals surface area contributed by atoms with Crippen molar-refractivity contribution in [1.82, 2.24) is 19.7 Å². The molecule has 1 unspecified atom stereocenters. The van der Waals surface area contributed by atoms with Crippen LogP contribution in [0.15, 0.2) is 40.1 Å². The molecule has 0 radical (unpaired) electrons. The fourth-order valence-electron chi connectivity index (χ4n) is 3.18. The summed E-state index contributed by atoms with van der Waals surface area (Å²) in [6.45, 7) is 7.15. The van der Waals surface area contributed by atoms with E-state index >= 15 is 0 Å². The normalized spacial score (nSPS) is 17.5. The number of carbonyl (C=O) groups excluding carboxylic acids is 1. The topological polar surface area (TPSA) is 88.1 Å². The van der Waals surface area contributed by atoms with Crippen molar-refractivity contribution >= 4 is 5.91 Å². The smallest absolute Gasteiger partial charge is 0.266 e. The van der Waals surface area contributed by atoms with Gasteiger partial charge in [0.05, 0.1) is 23.8 Å². The zero-order valence-corrected chi connectivity index (χ0v) is 15.4. The number of hydrogen-bond acceptors (Lipinski definition) is 4. The van der Waals surface area contributed by atoms with Gasteiger partial charge in [-0.25, -0.2) is 4.68 Å². The van der Waals surface area contributed by atoms with Gasteiger partial charge in [-0.2, -0.15) is 5.10 Å². The first kappa shape index (κ1) is 18.1. The molecule has 0 aromatic carbocycles. The number of pyridine rings is 1. The molecule has 1 atom stereocenters. The molecule has 3 rings (SSSR count). The molecule has 0 bridgehead atoms. The Morgan fingerprint density at radius 3 is 2.65 bits per heavy atom. The molecule has 0 spiro atoms. The van der Waals surface area contributed by atoms with Gasteiger partial charge in [0.1, 0.15) is 0 Å². The van der Waals surface area contributed by atoms with Crippen molar-refractivity contribution in [2.24, 2.45) is 0 Å². The zero-order chi connectivity index (χ0) is 18.9. The van der Waals surface area contributed by atoms with Gasteiger partial charge in [0.25, 0.3) is 11.5 Å². The summed E-state index contributed by atoms with van der Waals surface area (Å²) in [5.74, 6) is -0.135. The molecule has 1 fully saturated rings. The maximum Gasteiger partial charge on any atom is 0.266 e. The van der Waals surface area contributed by atoms with Crippen LogP contribution < -0.4 is 11.1 Å². The van der Waals surface area contributed by atoms with Gasteiger partial charge in [-0.1, -0.05) is 20.8 Å². The molecule has 26 heavy (non-hydrogen) atoms. The first-order valence-electron chi connectivity index (χ1n) is 8.84. The van der Waals surface area contributed by atoms with Crippen LogP contribution >= 0.6 is 0 Å². The maximum atomic E-state index is 12.8. The second kappa shape index (κ2) is 6.90. The number of nitrogens with zero attached hydrogens (tertiary/aromatic N) is 3. The van der Waals surface area contributed by atoms with Crippen LogP contribution in [0.5, 0.6) is 0 Å². The summed E-state index contributed by atoms with van der Waals surface area (Å²) in [5, 5.41) is 4.50. The lowest BCUT2D eigenvalue weighted by atomic mass is 9.92. The Kier molecular flexibility index (Phi) is 4.80. The van der Waals surface area contributed by atoms with Crippen LogP contribution in [0.3, 0.4) is 0 Å². The first-order valence-corrected chi connectivity index (χ1v) is 8.84. The number of amides is 1. The summed E-state index contributed by atoms with van der Waals surface area (Å²) in [6.07, 6.45) is 3.14. The number of aromatic nitrogens is 3.